The monoisotopic (exact) mass is 1130 g/mol. The van der Waals surface area contributed by atoms with E-state index in [0.717, 1.165) is 89.4 Å². The van der Waals surface area contributed by atoms with Gasteiger partial charge in [0.05, 0.1) is 0 Å². The molecule has 3 aliphatic heterocycles. The maximum absolute atomic E-state index is 7.12. The van der Waals surface area contributed by atoms with E-state index >= 15 is 0 Å². The Bertz CT molecular complexity index is 6010. The van der Waals surface area contributed by atoms with E-state index in [-0.39, 0.29) is 0 Å². The SMILES string of the molecule is c1ccc2c(c1)Oc1ccc(-c3ccc(-c4c5ccccc5cc5c4ccc4cc(-c6cc(-c7ccc8c(ccc9cc(-c%10ccc%11c%12c(cccc%10%12)-c%10ccccc%10O%11)ccc98)c7)c7cccc8c7c6Oc6ccccc6-8)ccc45)cc3)c3cccc-2c13. The van der Waals surface area contributed by atoms with Gasteiger partial charge in [0.25, 0.3) is 0 Å². The highest BCUT2D eigenvalue weighted by Gasteiger charge is 2.28. The second-order valence-corrected chi connectivity index (χ2v) is 24.1. The van der Waals surface area contributed by atoms with Gasteiger partial charge >= 0.3 is 0 Å². The topological polar surface area (TPSA) is 27.7 Å². The lowest BCUT2D eigenvalue weighted by atomic mass is 9.85. The van der Waals surface area contributed by atoms with Gasteiger partial charge in [0.2, 0.25) is 0 Å². The van der Waals surface area contributed by atoms with E-state index in [2.05, 4.69) is 279 Å². The highest BCUT2D eigenvalue weighted by Crippen LogP contribution is 2.55. The molecule has 0 saturated heterocycles. The van der Waals surface area contributed by atoms with E-state index in [0.29, 0.717) is 0 Å². The second kappa shape index (κ2) is 18.4. The minimum absolute atomic E-state index is 0.867. The van der Waals surface area contributed by atoms with Gasteiger partial charge in [-0.05, 0) is 197 Å². The number of benzene rings is 17. The Labute approximate surface area is 512 Å². The van der Waals surface area contributed by atoms with Crippen molar-refractivity contribution in [3.8, 4) is 124 Å². The molecule has 0 aliphatic carbocycles. The second-order valence-electron chi connectivity index (χ2n) is 24.1. The molecule has 0 atom stereocenters. The van der Waals surface area contributed by atoms with Gasteiger partial charge in [-0.3, -0.25) is 0 Å². The average molecular weight is 1130 g/mol. The Hall–Kier alpha value is -11.8. The summed E-state index contributed by atoms with van der Waals surface area (Å²) >= 11 is 0. The first kappa shape index (κ1) is 48.5. The van der Waals surface area contributed by atoms with Crippen molar-refractivity contribution in [2.24, 2.45) is 0 Å². The molecule has 89 heavy (non-hydrogen) atoms. The smallest absolute Gasteiger partial charge is 0.143 e. The van der Waals surface area contributed by atoms with E-state index in [4.69, 9.17) is 14.2 Å². The summed E-state index contributed by atoms with van der Waals surface area (Å²) < 4.78 is 20.0. The molecule has 0 fully saturated rings. The maximum Gasteiger partial charge on any atom is 0.143 e. The van der Waals surface area contributed by atoms with E-state index in [1.54, 1.807) is 0 Å². The standard InChI is InChI=1S/C86H48O3/c1-2-13-63-51(12-1)47-76-62-38-34-57(46-55(62)35-39-73(76)82(63)50-28-26-49(27-29-50)58-40-42-80-83-67(58)17-9-19-69(83)64-14-3-6-23-77(64)87-80)75-48-74(72-22-11-21-71-66-16-5-8-25-79(66)89-86(75)85(71)72)56-33-37-60-53(45-56)31-30-52-44-54(32-36-59(52)60)61-41-43-81-84-68(61)18-10-20-70(84)65-15-4-7-24-78(65)88-81/h1-48H. The molecule has 0 amide bonds. The molecule has 0 N–H and O–H groups in total. The molecule has 3 nitrogen and oxygen atoms in total. The van der Waals surface area contributed by atoms with Crippen LogP contribution >= 0.6 is 0 Å². The van der Waals surface area contributed by atoms with Crippen molar-refractivity contribution in [1.82, 2.24) is 0 Å². The largest absolute Gasteiger partial charge is 0.456 e. The fourth-order valence-electron chi connectivity index (χ4n) is 15.4. The van der Waals surface area contributed by atoms with Crippen molar-refractivity contribution in [2.75, 3.05) is 0 Å². The summed E-state index contributed by atoms with van der Waals surface area (Å²) in [5, 5.41) is 19.1. The number of rotatable bonds is 5. The Balaban J connectivity index is 0.698. The summed E-state index contributed by atoms with van der Waals surface area (Å²) in [6, 6.07) is 107. The Morgan fingerprint density at radius 3 is 1.17 bits per heavy atom. The van der Waals surface area contributed by atoms with Gasteiger partial charge < -0.3 is 14.2 Å². The number of para-hydroxylation sites is 3. The molecule has 0 spiro atoms. The minimum atomic E-state index is 0.867. The predicted molar refractivity (Wildman–Crippen MR) is 370 cm³/mol. The molecule has 0 aromatic heterocycles. The first-order chi connectivity index (χ1) is 44.1. The molecular formula is C86H48O3. The van der Waals surface area contributed by atoms with Gasteiger partial charge in [-0.2, -0.15) is 0 Å². The summed E-state index contributed by atoms with van der Waals surface area (Å²) in [5.74, 6) is 5.35. The van der Waals surface area contributed by atoms with Crippen LogP contribution in [-0.2, 0) is 0 Å². The van der Waals surface area contributed by atoms with Crippen LogP contribution in [0, 0.1) is 0 Å². The van der Waals surface area contributed by atoms with Crippen LogP contribution in [0.1, 0.15) is 0 Å². The molecule has 20 rings (SSSR count). The molecular weight excluding hydrogens is 1080 g/mol. The fourth-order valence-corrected chi connectivity index (χ4v) is 15.4. The van der Waals surface area contributed by atoms with Crippen molar-refractivity contribution in [2.45, 2.75) is 0 Å². The summed E-state index contributed by atoms with van der Waals surface area (Å²) in [5.41, 5.74) is 18.6. The number of hydrogen-bond acceptors (Lipinski definition) is 3. The average Bonchev–Trinajstić information content (AvgIpc) is 1.07. The van der Waals surface area contributed by atoms with Gasteiger partial charge in [-0.1, -0.05) is 231 Å². The lowest BCUT2D eigenvalue weighted by Crippen LogP contribution is -2.00. The highest BCUT2D eigenvalue weighted by molar-refractivity contribution is 6.22. The van der Waals surface area contributed by atoms with Gasteiger partial charge in [0.1, 0.15) is 34.5 Å². The van der Waals surface area contributed by atoms with Crippen LogP contribution < -0.4 is 14.2 Å². The van der Waals surface area contributed by atoms with Crippen molar-refractivity contribution in [3.05, 3.63) is 291 Å². The number of fused-ring (bicyclic) bond motifs is 13. The normalized spacial score (nSPS) is 12.5. The van der Waals surface area contributed by atoms with Crippen molar-refractivity contribution in [1.29, 1.82) is 0 Å². The summed E-state index contributed by atoms with van der Waals surface area (Å²) in [4.78, 5) is 0. The molecule has 0 radical (unpaired) electrons. The first-order valence-electron chi connectivity index (χ1n) is 30.6. The zero-order valence-electron chi connectivity index (χ0n) is 47.9. The van der Waals surface area contributed by atoms with Crippen LogP contribution in [0.25, 0.3) is 175 Å². The van der Waals surface area contributed by atoms with Crippen LogP contribution in [0.3, 0.4) is 0 Å². The Morgan fingerprint density at radius 2 is 0.573 bits per heavy atom. The molecule has 3 aliphatic rings. The molecule has 3 heterocycles. The summed E-state index contributed by atoms with van der Waals surface area (Å²) in [7, 11) is 0. The third-order valence-electron chi connectivity index (χ3n) is 19.4. The lowest BCUT2D eigenvalue weighted by Gasteiger charge is -2.25. The molecule has 17 aromatic rings. The molecule has 0 unspecified atom stereocenters. The Kier molecular flexibility index (Phi) is 10.0. The van der Waals surface area contributed by atoms with E-state index in [9.17, 15) is 0 Å². The molecule has 0 saturated carbocycles. The van der Waals surface area contributed by atoms with Crippen molar-refractivity contribution < 1.29 is 14.2 Å². The van der Waals surface area contributed by atoms with E-state index < -0.39 is 0 Å². The zero-order chi connectivity index (χ0) is 58.0. The van der Waals surface area contributed by atoms with Gasteiger partial charge in [-0.25, -0.2) is 0 Å². The molecule has 3 heteroatoms. The minimum Gasteiger partial charge on any atom is -0.456 e. The lowest BCUT2D eigenvalue weighted by molar-refractivity contribution is 0.487. The molecule has 0 bridgehead atoms. The van der Waals surface area contributed by atoms with Crippen molar-refractivity contribution in [3.63, 3.8) is 0 Å². The zero-order valence-corrected chi connectivity index (χ0v) is 47.9. The third kappa shape index (κ3) is 7.10. The third-order valence-corrected chi connectivity index (χ3v) is 19.4. The quantitative estimate of drug-likeness (QED) is 0.127. The maximum atomic E-state index is 7.12. The number of ether oxygens (including phenoxy) is 3. The van der Waals surface area contributed by atoms with Gasteiger partial charge in [-0.15, -0.1) is 0 Å². The Morgan fingerprint density at radius 1 is 0.169 bits per heavy atom. The highest BCUT2D eigenvalue weighted by atomic mass is 16.5. The fraction of sp³-hybridized carbons (Fsp3) is 0. The molecule has 410 valence electrons. The van der Waals surface area contributed by atoms with Crippen LogP contribution in [0.2, 0.25) is 0 Å². The van der Waals surface area contributed by atoms with Crippen LogP contribution in [0.15, 0.2) is 291 Å². The van der Waals surface area contributed by atoms with Crippen LogP contribution in [-0.4, -0.2) is 0 Å². The first-order valence-corrected chi connectivity index (χ1v) is 30.6. The summed E-state index contributed by atoms with van der Waals surface area (Å²) in [6.07, 6.45) is 0. The summed E-state index contributed by atoms with van der Waals surface area (Å²) in [6.45, 7) is 0. The van der Waals surface area contributed by atoms with Crippen LogP contribution in [0.4, 0.5) is 0 Å². The molecule has 17 aromatic carbocycles. The van der Waals surface area contributed by atoms with Crippen LogP contribution in [0.5, 0.6) is 34.5 Å². The van der Waals surface area contributed by atoms with E-state index in [1.807, 2.05) is 12.1 Å². The predicted octanol–water partition coefficient (Wildman–Crippen LogP) is 24.6. The van der Waals surface area contributed by atoms with E-state index in [1.165, 1.54) is 120 Å². The van der Waals surface area contributed by atoms with Gasteiger partial charge in [0, 0.05) is 38.4 Å². The van der Waals surface area contributed by atoms with Gasteiger partial charge in [0.15, 0.2) is 0 Å². The number of hydrogen-bond donors (Lipinski definition) is 0. The van der Waals surface area contributed by atoms with Crippen molar-refractivity contribution >= 4 is 86.2 Å².